The van der Waals surface area contributed by atoms with Gasteiger partial charge in [0.05, 0.1) is 16.3 Å². The Balaban J connectivity index is 1.55. The monoisotopic (exact) mass is 444 g/mol. The molecule has 30 heavy (non-hydrogen) atoms. The summed E-state index contributed by atoms with van der Waals surface area (Å²) in [6.45, 7) is 2.03. The molecule has 5 nitrogen and oxygen atoms in total. The SMILES string of the molecule is Cc1ccccc1CSCC(=O)Nc1ccc(S(=O)(=O)Nc2ccccc2F)cc1. The van der Waals surface area contributed by atoms with Crippen molar-refractivity contribution in [1.82, 2.24) is 0 Å². The fourth-order valence-corrected chi connectivity index (χ4v) is 4.66. The molecule has 2 N–H and O–H groups in total. The molecular formula is C22H21FN2O3S2. The first-order valence-electron chi connectivity index (χ1n) is 9.15. The number of aryl methyl sites for hydroxylation is 1. The third-order valence-electron chi connectivity index (χ3n) is 4.32. The van der Waals surface area contributed by atoms with Gasteiger partial charge in [0.15, 0.2) is 0 Å². The van der Waals surface area contributed by atoms with Crippen LogP contribution in [0.5, 0.6) is 0 Å². The van der Waals surface area contributed by atoms with E-state index in [1.54, 1.807) is 0 Å². The molecule has 0 unspecified atom stereocenters. The van der Waals surface area contributed by atoms with Gasteiger partial charge in [-0.05, 0) is 54.4 Å². The summed E-state index contributed by atoms with van der Waals surface area (Å²) in [5.41, 5.74) is 2.74. The Morgan fingerprint density at radius 1 is 0.967 bits per heavy atom. The minimum Gasteiger partial charge on any atom is -0.325 e. The maximum absolute atomic E-state index is 13.7. The first-order valence-corrected chi connectivity index (χ1v) is 11.8. The van der Waals surface area contributed by atoms with E-state index in [2.05, 4.69) is 10.0 Å². The van der Waals surface area contributed by atoms with Crippen LogP contribution in [-0.2, 0) is 20.6 Å². The van der Waals surface area contributed by atoms with Crippen LogP contribution in [0.2, 0.25) is 0 Å². The molecule has 0 saturated carbocycles. The highest BCUT2D eigenvalue weighted by Gasteiger charge is 2.16. The Hall–Kier alpha value is -2.84. The summed E-state index contributed by atoms with van der Waals surface area (Å²) in [6, 6.07) is 19.3. The molecule has 0 aliphatic heterocycles. The van der Waals surface area contributed by atoms with Gasteiger partial charge in [0.1, 0.15) is 5.82 Å². The first kappa shape index (κ1) is 21.9. The zero-order chi connectivity index (χ0) is 21.6. The van der Waals surface area contributed by atoms with Crippen LogP contribution in [-0.4, -0.2) is 20.1 Å². The number of nitrogens with one attached hydrogen (secondary N) is 2. The van der Waals surface area contributed by atoms with Crippen LogP contribution in [0.3, 0.4) is 0 Å². The number of halogens is 1. The number of amides is 1. The van der Waals surface area contributed by atoms with Crippen LogP contribution in [0.4, 0.5) is 15.8 Å². The second-order valence-electron chi connectivity index (χ2n) is 6.58. The van der Waals surface area contributed by atoms with Crippen LogP contribution in [0.25, 0.3) is 0 Å². The summed E-state index contributed by atoms with van der Waals surface area (Å²) >= 11 is 1.50. The number of rotatable bonds is 8. The average Bonchev–Trinajstić information content (AvgIpc) is 2.71. The van der Waals surface area contributed by atoms with Gasteiger partial charge in [-0.2, -0.15) is 0 Å². The van der Waals surface area contributed by atoms with E-state index in [4.69, 9.17) is 0 Å². The summed E-state index contributed by atoms with van der Waals surface area (Å²) in [5.74, 6) is 0.184. The van der Waals surface area contributed by atoms with Gasteiger partial charge in [0.2, 0.25) is 5.91 Å². The lowest BCUT2D eigenvalue weighted by molar-refractivity contribution is -0.113. The van der Waals surface area contributed by atoms with Crippen LogP contribution in [0, 0.1) is 12.7 Å². The van der Waals surface area contributed by atoms with Gasteiger partial charge in [0.25, 0.3) is 10.0 Å². The van der Waals surface area contributed by atoms with Crippen LogP contribution < -0.4 is 10.0 Å². The van der Waals surface area contributed by atoms with Crippen molar-refractivity contribution in [1.29, 1.82) is 0 Å². The maximum Gasteiger partial charge on any atom is 0.261 e. The Morgan fingerprint density at radius 3 is 2.33 bits per heavy atom. The van der Waals surface area contributed by atoms with Crippen molar-refractivity contribution < 1.29 is 17.6 Å². The number of sulfonamides is 1. The quantitative estimate of drug-likeness (QED) is 0.523. The zero-order valence-electron chi connectivity index (χ0n) is 16.3. The Kier molecular flexibility index (Phi) is 7.12. The molecule has 3 rings (SSSR count). The van der Waals surface area contributed by atoms with E-state index in [9.17, 15) is 17.6 Å². The van der Waals surface area contributed by atoms with Crippen molar-refractivity contribution in [2.24, 2.45) is 0 Å². The van der Waals surface area contributed by atoms with Crippen molar-refractivity contribution in [2.75, 3.05) is 15.8 Å². The molecule has 3 aromatic rings. The average molecular weight is 445 g/mol. The Morgan fingerprint density at radius 2 is 1.63 bits per heavy atom. The minimum absolute atomic E-state index is 0.0299. The number of hydrogen-bond donors (Lipinski definition) is 2. The van der Waals surface area contributed by atoms with Gasteiger partial charge < -0.3 is 5.32 Å². The van der Waals surface area contributed by atoms with Crippen LogP contribution >= 0.6 is 11.8 Å². The van der Waals surface area contributed by atoms with Gasteiger partial charge in [-0.3, -0.25) is 9.52 Å². The van der Waals surface area contributed by atoms with Crippen molar-refractivity contribution in [3.63, 3.8) is 0 Å². The molecule has 156 valence electrons. The number of carbonyl (C=O) groups excluding carboxylic acids is 1. The van der Waals surface area contributed by atoms with Crippen molar-refractivity contribution >= 4 is 39.1 Å². The number of para-hydroxylation sites is 1. The van der Waals surface area contributed by atoms with E-state index < -0.39 is 15.8 Å². The van der Waals surface area contributed by atoms with Gasteiger partial charge in [-0.15, -0.1) is 11.8 Å². The highest BCUT2D eigenvalue weighted by atomic mass is 32.2. The number of hydrogen-bond acceptors (Lipinski definition) is 4. The van der Waals surface area contributed by atoms with Gasteiger partial charge in [-0.25, -0.2) is 12.8 Å². The number of thioether (sulfide) groups is 1. The van der Waals surface area contributed by atoms with Crippen molar-refractivity contribution in [3.8, 4) is 0 Å². The van der Waals surface area contributed by atoms with E-state index in [1.807, 2.05) is 31.2 Å². The number of anilines is 2. The molecule has 0 bridgehead atoms. The molecule has 0 aliphatic rings. The smallest absolute Gasteiger partial charge is 0.261 e. The van der Waals surface area contributed by atoms with E-state index in [0.717, 1.165) is 5.75 Å². The van der Waals surface area contributed by atoms with Crippen molar-refractivity contribution in [3.05, 3.63) is 89.7 Å². The molecule has 0 aliphatic carbocycles. The highest BCUT2D eigenvalue weighted by molar-refractivity contribution is 7.99. The predicted octanol–water partition coefficient (Wildman–Crippen LogP) is 4.81. The molecule has 0 spiro atoms. The van der Waals surface area contributed by atoms with E-state index in [1.165, 1.54) is 71.4 Å². The molecular weight excluding hydrogens is 423 g/mol. The molecule has 3 aromatic carbocycles. The summed E-state index contributed by atoms with van der Waals surface area (Å²) in [6.07, 6.45) is 0. The topological polar surface area (TPSA) is 75.3 Å². The molecule has 1 amide bonds. The second kappa shape index (κ2) is 9.77. The van der Waals surface area contributed by atoms with Gasteiger partial charge in [0, 0.05) is 11.4 Å². The minimum atomic E-state index is -3.94. The lowest BCUT2D eigenvalue weighted by Crippen LogP contribution is -2.15. The molecule has 0 atom stereocenters. The fraction of sp³-hybridized carbons (Fsp3) is 0.136. The fourth-order valence-electron chi connectivity index (χ4n) is 2.69. The summed E-state index contributed by atoms with van der Waals surface area (Å²) < 4.78 is 40.8. The van der Waals surface area contributed by atoms with Crippen LogP contribution in [0.15, 0.2) is 77.7 Å². The van der Waals surface area contributed by atoms with E-state index in [0.29, 0.717) is 5.69 Å². The summed E-state index contributed by atoms with van der Waals surface area (Å²) in [4.78, 5) is 12.1. The highest BCUT2D eigenvalue weighted by Crippen LogP contribution is 2.21. The van der Waals surface area contributed by atoms with Gasteiger partial charge >= 0.3 is 0 Å². The first-order chi connectivity index (χ1) is 14.3. The lowest BCUT2D eigenvalue weighted by Gasteiger charge is -2.10. The standard InChI is InChI=1S/C22H21FN2O3S2/c1-16-6-2-3-7-17(16)14-29-15-22(26)24-18-10-12-19(13-11-18)30(27,28)25-21-9-5-4-8-20(21)23/h2-13,25H,14-15H2,1H3,(H,24,26). The number of benzene rings is 3. The Bertz CT molecular complexity index is 1130. The normalized spacial score (nSPS) is 11.1. The third kappa shape index (κ3) is 5.84. The molecule has 0 radical (unpaired) electrons. The molecule has 0 heterocycles. The molecule has 8 heteroatoms. The molecule has 0 saturated heterocycles. The summed E-state index contributed by atoms with van der Waals surface area (Å²) in [5, 5.41) is 2.75. The molecule has 0 fully saturated rings. The molecule has 0 aromatic heterocycles. The van der Waals surface area contributed by atoms with Crippen LogP contribution in [0.1, 0.15) is 11.1 Å². The third-order valence-corrected chi connectivity index (χ3v) is 6.68. The van der Waals surface area contributed by atoms with E-state index >= 15 is 0 Å². The summed E-state index contributed by atoms with van der Waals surface area (Å²) in [7, 11) is -3.94. The Labute approximate surface area is 179 Å². The van der Waals surface area contributed by atoms with Crippen molar-refractivity contribution in [2.45, 2.75) is 17.6 Å². The maximum atomic E-state index is 13.7. The predicted molar refractivity (Wildman–Crippen MR) is 120 cm³/mol. The number of carbonyl (C=O) groups is 1. The zero-order valence-corrected chi connectivity index (χ0v) is 17.9. The van der Waals surface area contributed by atoms with Gasteiger partial charge in [-0.1, -0.05) is 36.4 Å². The largest absolute Gasteiger partial charge is 0.325 e. The van der Waals surface area contributed by atoms with E-state index in [-0.39, 0.29) is 22.2 Å². The lowest BCUT2D eigenvalue weighted by atomic mass is 10.1. The second-order valence-corrected chi connectivity index (χ2v) is 9.25.